The Kier molecular flexibility index (Phi) is 5.39. The number of halogens is 1. The fourth-order valence-corrected chi connectivity index (χ4v) is 3.81. The molecule has 4 nitrogen and oxygen atoms in total. The molecule has 2 atom stereocenters. The van der Waals surface area contributed by atoms with Crippen molar-refractivity contribution >= 4 is 11.6 Å². The van der Waals surface area contributed by atoms with Gasteiger partial charge >= 0.3 is 0 Å². The lowest BCUT2D eigenvalue weighted by atomic mass is 10.1. The zero-order valence-electron chi connectivity index (χ0n) is 14.6. The fraction of sp³-hybridized carbons (Fsp3) is 0.632. The number of nitrogens with one attached hydrogen (secondary N) is 1. The van der Waals surface area contributed by atoms with Gasteiger partial charge in [-0.25, -0.2) is 4.39 Å². The molecule has 1 saturated heterocycles. The summed E-state index contributed by atoms with van der Waals surface area (Å²) in [4.78, 5) is 14.1. The molecule has 0 radical (unpaired) electrons. The predicted molar refractivity (Wildman–Crippen MR) is 92.4 cm³/mol. The Morgan fingerprint density at radius 2 is 1.92 bits per heavy atom. The van der Waals surface area contributed by atoms with Crippen molar-refractivity contribution < 1.29 is 13.9 Å². The number of carbonyl (C=O) groups excluding carboxylic acids is 1. The number of nitrogens with zero attached hydrogens (tertiary/aromatic N) is 1. The molecule has 1 saturated carbocycles. The largest absolute Gasteiger partial charge is 0.372 e. The third-order valence-electron chi connectivity index (χ3n) is 4.97. The minimum absolute atomic E-state index is 0.0959. The van der Waals surface area contributed by atoms with Crippen LogP contribution in [0.5, 0.6) is 0 Å². The minimum Gasteiger partial charge on any atom is -0.372 e. The SMILES string of the molecule is C[C@@H]1CN(c2ccc(CNC(=O)C3CCCC3)cc2F)C[C@@H](C)O1. The number of carbonyl (C=O) groups is 1. The normalized spacial score (nSPS) is 25.0. The van der Waals surface area contributed by atoms with E-state index in [2.05, 4.69) is 5.32 Å². The van der Waals surface area contributed by atoms with Gasteiger partial charge in [0.2, 0.25) is 5.91 Å². The summed E-state index contributed by atoms with van der Waals surface area (Å²) >= 11 is 0. The Bertz CT molecular complexity index is 577. The van der Waals surface area contributed by atoms with Gasteiger partial charge in [0.15, 0.2) is 0 Å². The van der Waals surface area contributed by atoms with Crippen molar-refractivity contribution in [1.29, 1.82) is 0 Å². The molecular formula is C19H27FN2O2. The van der Waals surface area contributed by atoms with Gasteiger partial charge in [0.1, 0.15) is 5.82 Å². The molecule has 1 aliphatic heterocycles. The highest BCUT2D eigenvalue weighted by molar-refractivity contribution is 5.78. The number of morpholine rings is 1. The van der Waals surface area contributed by atoms with Crippen LogP contribution in [0.1, 0.15) is 45.1 Å². The van der Waals surface area contributed by atoms with Crippen LogP contribution in [-0.2, 0) is 16.1 Å². The van der Waals surface area contributed by atoms with Gasteiger partial charge in [-0.15, -0.1) is 0 Å². The summed E-state index contributed by atoms with van der Waals surface area (Å²) < 4.78 is 20.2. The van der Waals surface area contributed by atoms with Crippen LogP contribution in [0.4, 0.5) is 10.1 Å². The smallest absolute Gasteiger partial charge is 0.223 e. The van der Waals surface area contributed by atoms with E-state index >= 15 is 0 Å². The highest BCUT2D eigenvalue weighted by atomic mass is 19.1. The van der Waals surface area contributed by atoms with E-state index in [1.807, 2.05) is 30.9 Å². The number of benzene rings is 1. The van der Waals surface area contributed by atoms with Gasteiger partial charge in [-0.3, -0.25) is 4.79 Å². The maximum absolute atomic E-state index is 14.5. The molecule has 1 heterocycles. The van der Waals surface area contributed by atoms with Crippen LogP contribution < -0.4 is 10.2 Å². The van der Waals surface area contributed by atoms with Crippen molar-refractivity contribution in [2.24, 2.45) is 5.92 Å². The zero-order valence-corrected chi connectivity index (χ0v) is 14.6. The Balaban J connectivity index is 1.61. The molecule has 1 amide bonds. The summed E-state index contributed by atoms with van der Waals surface area (Å²) in [5, 5.41) is 2.94. The van der Waals surface area contributed by atoms with E-state index in [9.17, 15) is 9.18 Å². The van der Waals surface area contributed by atoms with Crippen molar-refractivity contribution in [2.45, 2.75) is 58.3 Å². The number of ether oxygens (including phenoxy) is 1. The van der Waals surface area contributed by atoms with Gasteiger partial charge in [-0.05, 0) is 44.4 Å². The summed E-state index contributed by atoms with van der Waals surface area (Å²) in [6, 6.07) is 5.25. The summed E-state index contributed by atoms with van der Waals surface area (Å²) in [6.07, 6.45) is 4.42. The number of hydrogen-bond donors (Lipinski definition) is 1. The molecule has 2 fully saturated rings. The highest BCUT2D eigenvalue weighted by Gasteiger charge is 2.25. The lowest BCUT2D eigenvalue weighted by Crippen LogP contribution is -2.45. The zero-order chi connectivity index (χ0) is 17.1. The van der Waals surface area contributed by atoms with Gasteiger partial charge < -0.3 is 15.0 Å². The number of rotatable bonds is 4. The lowest BCUT2D eigenvalue weighted by molar-refractivity contribution is -0.124. The maximum Gasteiger partial charge on any atom is 0.223 e. The van der Waals surface area contributed by atoms with Crippen molar-refractivity contribution in [3.8, 4) is 0 Å². The average Bonchev–Trinajstić information content (AvgIpc) is 3.06. The van der Waals surface area contributed by atoms with Crippen LogP contribution in [0, 0.1) is 11.7 Å². The third-order valence-corrected chi connectivity index (χ3v) is 4.97. The molecule has 1 aromatic carbocycles. The van der Waals surface area contributed by atoms with E-state index in [0.29, 0.717) is 25.3 Å². The van der Waals surface area contributed by atoms with Crippen LogP contribution in [-0.4, -0.2) is 31.2 Å². The molecule has 0 aromatic heterocycles. The van der Waals surface area contributed by atoms with E-state index < -0.39 is 0 Å². The first-order valence-electron chi connectivity index (χ1n) is 8.99. The van der Waals surface area contributed by atoms with Crippen LogP contribution in [0.25, 0.3) is 0 Å². The van der Waals surface area contributed by atoms with Gasteiger partial charge in [-0.1, -0.05) is 18.9 Å². The number of anilines is 1. The molecule has 0 unspecified atom stereocenters. The molecule has 0 bridgehead atoms. The molecule has 24 heavy (non-hydrogen) atoms. The fourth-order valence-electron chi connectivity index (χ4n) is 3.81. The Morgan fingerprint density at radius 1 is 1.25 bits per heavy atom. The molecule has 5 heteroatoms. The second kappa shape index (κ2) is 7.51. The monoisotopic (exact) mass is 334 g/mol. The Labute approximate surface area is 143 Å². The highest BCUT2D eigenvalue weighted by Crippen LogP contribution is 2.26. The molecule has 2 aliphatic rings. The number of amides is 1. The Hall–Kier alpha value is -1.62. The third kappa shape index (κ3) is 4.07. The van der Waals surface area contributed by atoms with E-state index in [0.717, 1.165) is 31.2 Å². The minimum atomic E-state index is -0.232. The van der Waals surface area contributed by atoms with E-state index in [1.54, 1.807) is 0 Å². The number of hydrogen-bond acceptors (Lipinski definition) is 3. The molecule has 3 rings (SSSR count). The van der Waals surface area contributed by atoms with Gasteiger partial charge in [0.25, 0.3) is 0 Å². The van der Waals surface area contributed by atoms with Crippen molar-refractivity contribution in [2.75, 3.05) is 18.0 Å². The molecular weight excluding hydrogens is 307 g/mol. The first kappa shape index (κ1) is 17.2. The van der Waals surface area contributed by atoms with Gasteiger partial charge in [0, 0.05) is 25.6 Å². The van der Waals surface area contributed by atoms with Crippen LogP contribution in [0.15, 0.2) is 18.2 Å². The van der Waals surface area contributed by atoms with Crippen molar-refractivity contribution in [1.82, 2.24) is 5.32 Å². The molecule has 0 spiro atoms. The van der Waals surface area contributed by atoms with E-state index in [-0.39, 0.29) is 29.9 Å². The van der Waals surface area contributed by atoms with Crippen LogP contribution in [0.2, 0.25) is 0 Å². The molecule has 1 aromatic rings. The molecule has 132 valence electrons. The Morgan fingerprint density at radius 3 is 2.54 bits per heavy atom. The quantitative estimate of drug-likeness (QED) is 0.919. The van der Waals surface area contributed by atoms with Crippen LogP contribution in [0.3, 0.4) is 0 Å². The first-order valence-corrected chi connectivity index (χ1v) is 8.99. The topological polar surface area (TPSA) is 41.6 Å². The van der Waals surface area contributed by atoms with Crippen molar-refractivity contribution in [3.63, 3.8) is 0 Å². The van der Waals surface area contributed by atoms with Crippen molar-refractivity contribution in [3.05, 3.63) is 29.6 Å². The van der Waals surface area contributed by atoms with Crippen LogP contribution >= 0.6 is 0 Å². The van der Waals surface area contributed by atoms with E-state index in [1.165, 1.54) is 6.07 Å². The molecule has 1 N–H and O–H groups in total. The lowest BCUT2D eigenvalue weighted by Gasteiger charge is -2.37. The van der Waals surface area contributed by atoms with Gasteiger partial charge in [-0.2, -0.15) is 0 Å². The van der Waals surface area contributed by atoms with E-state index in [4.69, 9.17) is 4.74 Å². The summed E-state index contributed by atoms with van der Waals surface area (Å²) in [6.45, 7) is 5.79. The molecule has 1 aliphatic carbocycles. The average molecular weight is 334 g/mol. The second-order valence-electron chi connectivity index (χ2n) is 7.15. The summed E-state index contributed by atoms with van der Waals surface area (Å²) in [7, 11) is 0. The standard InChI is InChI=1S/C19H27FN2O2/c1-13-11-22(12-14(2)24-13)18-8-7-15(9-17(18)20)10-21-19(23)16-5-3-4-6-16/h7-9,13-14,16H,3-6,10-12H2,1-2H3,(H,21,23)/t13-,14-/m1/s1. The summed E-state index contributed by atoms with van der Waals surface area (Å²) in [5.74, 6) is 0.0159. The van der Waals surface area contributed by atoms with Gasteiger partial charge in [0.05, 0.1) is 17.9 Å². The predicted octanol–water partition coefficient (Wildman–Crippen LogP) is 3.25. The summed E-state index contributed by atoms with van der Waals surface area (Å²) in [5.41, 5.74) is 1.42. The first-order chi connectivity index (χ1) is 11.5. The maximum atomic E-state index is 14.5. The second-order valence-corrected chi connectivity index (χ2v) is 7.15.